The van der Waals surface area contributed by atoms with Crippen LogP contribution in [0.3, 0.4) is 0 Å². The van der Waals surface area contributed by atoms with Gasteiger partial charge in [0.05, 0.1) is 16.3 Å². The molecule has 0 aliphatic rings. The summed E-state index contributed by atoms with van der Waals surface area (Å²) in [4.78, 5) is -0.339. The first-order valence-electron chi connectivity index (χ1n) is 4.83. The minimum Gasteiger partial charge on any atom is -0.382 e. The molecule has 1 aromatic rings. The Balaban J connectivity index is 2.81. The van der Waals surface area contributed by atoms with Crippen LogP contribution < -0.4 is 10.5 Å². The van der Waals surface area contributed by atoms with Crippen LogP contribution in [0.5, 0.6) is 0 Å². The van der Waals surface area contributed by atoms with Gasteiger partial charge in [0.1, 0.15) is 15.7 Å². The average Bonchev–Trinajstić information content (AvgIpc) is 2.17. The van der Waals surface area contributed by atoms with Crippen molar-refractivity contribution < 1.29 is 21.2 Å². The molecule has 3 N–H and O–H groups in total. The highest BCUT2D eigenvalue weighted by Gasteiger charge is 2.11. The Morgan fingerprint density at radius 1 is 1.28 bits per heavy atom. The van der Waals surface area contributed by atoms with Crippen molar-refractivity contribution in [1.29, 1.82) is 0 Å². The minimum absolute atomic E-state index is 0.0195. The monoisotopic (exact) mass is 296 g/mol. The Hall–Kier alpha value is -1.19. The summed E-state index contributed by atoms with van der Waals surface area (Å²) in [7, 11) is -7.09. The van der Waals surface area contributed by atoms with Crippen LogP contribution in [-0.4, -0.2) is 35.4 Å². The number of sulfonamides is 1. The second kappa shape index (κ2) is 5.21. The van der Waals surface area contributed by atoms with E-state index in [1.54, 1.807) is 0 Å². The van der Waals surface area contributed by atoms with Gasteiger partial charge in [-0.1, -0.05) is 0 Å². The number of primary sulfonamides is 1. The molecule has 0 aliphatic heterocycles. The van der Waals surface area contributed by atoms with E-state index >= 15 is 0 Å². The molecular weight excluding hydrogens is 283 g/mol. The summed E-state index contributed by atoms with van der Waals surface area (Å²) in [6, 6.07) is 3.11. The number of benzene rings is 1. The molecule has 0 radical (unpaired) electrons. The van der Waals surface area contributed by atoms with Gasteiger partial charge in [0, 0.05) is 12.8 Å². The van der Waals surface area contributed by atoms with Crippen molar-refractivity contribution in [2.45, 2.75) is 4.90 Å². The van der Waals surface area contributed by atoms with E-state index in [4.69, 9.17) is 5.14 Å². The van der Waals surface area contributed by atoms with Crippen LogP contribution in [0.4, 0.5) is 10.1 Å². The van der Waals surface area contributed by atoms with E-state index in [1.807, 2.05) is 0 Å². The van der Waals surface area contributed by atoms with Crippen molar-refractivity contribution in [3.63, 3.8) is 0 Å². The number of hydrogen-bond donors (Lipinski definition) is 2. The predicted octanol–water partition coefficient (Wildman–Crippen LogP) is -0.0704. The van der Waals surface area contributed by atoms with Crippen LogP contribution >= 0.6 is 0 Å². The molecule has 0 heterocycles. The van der Waals surface area contributed by atoms with Crippen LogP contribution in [0.1, 0.15) is 0 Å². The van der Waals surface area contributed by atoms with Gasteiger partial charge in [0.2, 0.25) is 10.0 Å². The van der Waals surface area contributed by atoms with Gasteiger partial charge in [-0.25, -0.2) is 26.4 Å². The van der Waals surface area contributed by atoms with Gasteiger partial charge in [-0.3, -0.25) is 0 Å². The SMILES string of the molecule is CS(=O)(=O)CCNc1ccc(S(N)(=O)=O)cc1F. The van der Waals surface area contributed by atoms with E-state index in [9.17, 15) is 21.2 Å². The first-order valence-corrected chi connectivity index (χ1v) is 8.44. The number of sulfone groups is 1. The molecule has 0 saturated heterocycles. The number of rotatable bonds is 5. The molecule has 1 aromatic carbocycles. The molecule has 18 heavy (non-hydrogen) atoms. The van der Waals surface area contributed by atoms with Crippen molar-refractivity contribution >= 4 is 25.5 Å². The lowest BCUT2D eigenvalue weighted by Gasteiger charge is -2.07. The highest BCUT2D eigenvalue weighted by Crippen LogP contribution is 2.17. The van der Waals surface area contributed by atoms with Gasteiger partial charge < -0.3 is 5.32 Å². The van der Waals surface area contributed by atoms with Gasteiger partial charge in [0.15, 0.2) is 0 Å². The Kier molecular flexibility index (Phi) is 4.30. The fraction of sp³-hybridized carbons (Fsp3) is 0.333. The molecule has 0 atom stereocenters. The van der Waals surface area contributed by atoms with Crippen LogP contribution in [-0.2, 0) is 19.9 Å². The van der Waals surface area contributed by atoms with Crippen molar-refractivity contribution in [2.24, 2.45) is 5.14 Å². The number of halogens is 1. The van der Waals surface area contributed by atoms with E-state index in [2.05, 4.69) is 5.32 Å². The summed E-state index contributed by atoms with van der Waals surface area (Å²) in [6.45, 7) is 0.0322. The maximum absolute atomic E-state index is 13.5. The summed E-state index contributed by atoms with van der Waals surface area (Å²) >= 11 is 0. The zero-order valence-corrected chi connectivity index (χ0v) is 11.2. The number of nitrogens with one attached hydrogen (secondary N) is 1. The molecule has 102 valence electrons. The fourth-order valence-electron chi connectivity index (χ4n) is 1.19. The molecule has 1 rings (SSSR count). The van der Waals surface area contributed by atoms with Gasteiger partial charge in [-0.05, 0) is 18.2 Å². The Bertz CT molecular complexity index is 641. The maximum Gasteiger partial charge on any atom is 0.238 e. The Labute approximate surface area is 105 Å². The third-order valence-electron chi connectivity index (χ3n) is 2.06. The van der Waals surface area contributed by atoms with E-state index in [1.165, 1.54) is 6.07 Å². The average molecular weight is 296 g/mol. The molecule has 0 saturated carbocycles. The molecular formula is C9H13FN2O4S2. The lowest BCUT2D eigenvalue weighted by atomic mass is 10.3. The maximum atomic E-state index is 13.5. The van der Waals surface area contributed by atoms with E-state index < -0.39 is 25.7 Å². The Morgan fingerprint density at radius 3 is 2.33 bits per heavy atom. The van der Waals surface area contributed by atoms with Gasteiger partial charge in [-0.15, -0.1) is 0 Å². The number of anilines is 1. The standard InChI is InChI=1S/C9H13FN2O4S2/c1-17(13,14)5-4-12-9-3-2-7(6-8(9)10)18(11,15)16/h2-3,6,12H,4-5H2,1H3,(H2,11,15,16). The summed E-state index contributed by atoms with van der Waals surface area (Å²) in [6.07, 6.45) is 1.06. The minimum atomic E-state index is -3.95. The molecule has 0 unspecified atom stereocenters. The first kappa shape index (κ1) is 14.9. The third kappa shape index (κ3) is 4.59. The molecule has 0 bridgehead atoms. The number of hydrogen-bond acceptors (Lipinski definition) is 5. The molecule has 6 nitrogen and oxygen atoms in total. The molecule has 0 fully saturated rings. The van der Waals surface area contributed by atoms with Gasteiger partial charge in [-0.2, -0.15) is 0 Å². The zero-order valence-electron chi connectivity index (χ0n) is 9.55. The fourth-order valence-corrected chi connectivity index (χ4v) is 2.19. The molecule has 0 spiro atoms. The summed E-state index contributed by atoms with van der Waals surface area (Å²) < 4.78 is 57.1. The highest BCUT2D eigenvalue weighted by atomic mass is 32.2. The zero-order chi connectivity index (χ0) is 14.0. The van der Waals surface area contributed by atoms with Gasteiger partial charge >= 0.3 is 0 Å². The van der Waals surface area contributed by atoms with Crippen LogP contribution in [0.2, 0.25) is 0 Å². The van der Waals surface area contributed by atoms with Gasteiger partial charge in [0.25, 0.3) is 0 Å². The largest absolute Gasteiger partial charge is 0.382 e. The molecule has 0 aromatic heterocycles. The molecule has 0 aliphatic carbocycles. The second-order valence-electron chi connectivity index (χ2n) is 3.74. The topological polar surface area (TPSA) is 106 Å². The Morgan fingerprint density at radius 2 is 1.89 bits per heavy atom. The van der Waals surface area contributed by atoms with Crippen LogP contribution in [0.15, 0.2) is 23.1 Å². The van der Waals surface area contributed by atoms with Crippen molar-refractivity contribution in [3.05, 3.63) is 24.0 Å². The summed E-state index contributed by atoms with van der Waals surface area (Å²) in [5.41, 5.74) is 0.0195. The lowest BCUT2D eigenvalue weighted by molar-refractivity contribution is 0.593. The normalized spacial score (nSPS) is 12.4. The van der Waals surface area contributed by atoms with Crippen molar-refractivity contribution in [1.82, 2.24) is 0 Å². The van der Waals surface area contributed by atoms with E-state index in [0.29, 0.717) is 0 Å². The summed E-state index contributed by atoms with van der Waals surface area (Å²) in [5.74, 6) is -0.960. The van der Waals surface area contributed by atoms with Crippen molar-refractivity contribution in [3.8, 4) is 0 Å². The molecule has 0 amide bonds. The third-order valence-corrected chi connectivity index (χ3v) is 3.91. The predicted molar refractivity (Wildman–Crippen MR) is 66.0 cm³/mol. The lowest BCUT2D eigenvalue weighted by Crippen LogP contribution is -2.16. The second-order valence-corrected chi connectivity index (χ2v) is 7.56. The van der Waals surface area contributed by atoms with Crippen LogP contribution in [0, 0.1) is 5.82 Å². The van der Waals surface area contributed by atoms with E-state index in [-0.39, 0.29) is 22.9 Å². The van der Waals surface area contributed by atoms with E-state index in [0.717, 1.165) is 18.4 Å². The smallest absolute Gasteiger partial charge is 0.238 e. The van der Waals surface area contributed by atoms with Crippen LogP contribution in [0.25, 0.3) is 0 Å². The quantitative estimate of drug-likeness (QED) is 0.791. The highest BCUT2D eigenvalue weighted by molar-refractivity contribution is 7.90. The van der Waals surface area contributed by atoms with Crippen molar-refractivity contribution in [2.75, 3.05) is 23.9 Å². The first-order chi connectivity index (χ1) is 8.09. The molecule has 9 heteroatoms. The number of nitrogens with two attached hydrogens (primary N) is 1. The summed E-state index contributed by atoms with van der Waals surface area (Å²) in [5, 5.41) is 7.40.